The summed E-state index contributed by atoms with van der Waals surface area (Å²) >= 11 is 0. The number of rotatable bonds is 5. The van der Waals surface area contributed by atoms with Gasteiger partial charge in [-0.2, -0.15) is 9.97 Å². The van der Waals surface area contributed by atoms with Crippen LogP contribution in [0.1, 0.15) is 25.0 Å². The van der Waals surface area contributed by atoms with Crippen LogP contribution in [0, 0.1) is 0 Å². The van der Waals surface area contributed by atoms with Crippen molar-refractivity contribution in [3.63, 3.8) is 0 Å². The van der Waals surface area contributed by atoms with Crippen LogP contribution < -0.4 is 0 Å². The zero-order valence-electron chi connectivity index (χ0n) is 36.3. The zero-order valence-corrected chi connectivity index (χ0v) is 36.3. The van der Waals surface area contributed by atoms with Crippen LogP contribution in [0.4, 0.5) is 0 Å². The van der Waals surface area contributed by atoms with Gasteiger partial charge in [-0.25, -0.2) is 4.98 Å². The molecule has 13 aromatic rings. The molecule has 6 heteroatoms. The first-order valence-electron chi connectivity index (χ1n) is 22.6. The molecule has 0 saturated carbocycles. The third kappa shape index (κ3) is 5.15. The van der Waals surface area contributed by atoms with Crippen LogP contribution in [0.25, 0.3) is 117 Å². The maximum atomic E-state index is 5.24. The largest absolute Gasteiger partial charge is 0.309 e. The van der Waals surface area contributed by atoms with E-state index in [2.05, 4.69) is 197 Å². The Labute approximate surface area is 380 Å². The monoisotopic (exact) mass is 844 g/mol. The fraction of sp³-hybridized carbons (Fsp3) is 0.0500. The van der Waals surface area contributed by atoms with E-state index in [0.717, 1.165) is 55.3 Å². The Kier molecular flexibility index (Phi) is 7.64. The quantitative estimate of drug-likeness (QED) is 0.173. The number of nitrogens with zero attached hydrogens (tertiary/aromatic N) is 6. The molecule has 0 aliphatic heterocycles. The highest BCUT2D eigenvalue weighted by molar-refractivity contribution is 6.20. The van der Waals surface area contributed by atoms with Crippen molar-refractivity contribution in [2.24, 2.45) is 0 Å². The molecule has 0 radical (unpaired) electrons. The lowest BCUT2D eigenvalue weighted by Crippen LogP contribution is -2.15. The minimum Gasteiger partial charge on any atom is -0.309 e. The average molecular weight is 845 g/mol. The van der Waals surface area contributed by atoms with Gasteiger partial charge in [-0.05, 0) is 82.9 Å². The molecule has 6 nitrogen and oxygen atoms in total. The number of fused-ring (bicyclic) bond motifs is 13. The Morgan fingerprint density at radius 1 is 0.348 bits per heavy atom. The molecule has 1 aliphatic carbocycles. The number of para-hydroxylation sites is 3. The summed E-state index contributed by atoms with van der Waals surface area (Å²) < 4.78 is 7.11. The lowest BCUT2D eigenvalue weighted by Gasteiger charge is -2.22. The SMILES string of the molecule is CC1(C)c2ccccc2-c2ccc3c(c21)c1ccccc1n3-c1ccc2c(c1)c1cc3c4ccccc4n(-c4nc(-c5ccccc5)nc(-c5ccccc5)n4)c3cc1n2-c1ccccc1. The molecule has 66 heavy (non-hydrogen) atoms. The van der Waals surface area contributed by atoms with Gasteiger partial charge in [0.1, 0.15) is 0 Å². The fourth-order valence-corrected chi connectivity index (χ4v) is 11.2. The van der Waals surface area contributed by atoms with Gasteiger partial charge in [0.05, 0.1) is 33.1 Å². The maximum absolute atomic E-state index is 5.24. The molecular formula is C60H40N6. The fourth-order valence-electron chi connectivity index (χ4n) is 11.2. The first-order valence-corrected chi connectivity index (χ1v) is 22.6. The van der Waals surface area contributed by atoms with Crippen molar-refractivity contribution in [2.75, 3.05) is 0 Å². The van der Waals surface area contributed by atoms with E-state index in [1.54, 1.807) is 0 Å². The lowest BCUT2D eigenvalue weighted by molar-refractivity contribution is 0.666. The topological polar surface area (TPSA) is 53.5 Å². The van der Waals surface area contributed by atoms with Crippen LogP contribution in [0.3, 0.4) is 0 Å². The highest BCUT2D eigenvalue weighted by atomic mass is 15.2. The van der Waals surface area contributed by atoms with Gasteiger partial charge >= 0.3 is 0 Å². The van der Waals surface area contributed by atoms with Crippen LogP contribution in [0.5, 0.6) is 0 Å². The van der Waals surface area contributed by atoms with Crippen LogP contribution in [0.15, 0.2) is 206 Å². The van der Waals surface area contributed by atoms with E-state index in [4.69, 9.17) is 15.0 Å². The molecule has 0 bridgehead atoms. The molecule has 1 aliphatic rings. The zero-order chi connectivity index (χ0) is 43.7. The van der Waals surface area contributed by atoms with Crippen molar-refractivity contribution in [3.05, 3.63) is 217 Å². The third-order valence-corrected chi connectivity index (χ3v) is 14.1. The summed E-state index contributed by atoms with van der Waals surface area (Å²) in [5.74, 6) is 1.82. The van der Waals surface area contributed by atoms with Crippen molar-refractivity contribution in [3.8, 4) is 51.2 Å². The van der Waals surface area contributed by atoms with E-state index >= 15 is 0 Å². The maximum Gasteiger partial charge on any atom is 0.238 e. The Balaban J connectivity index is 1.05. The predicted octanol–water partition coefficient (Wildman–Crippen LogP) is 14.8. The van der Waals surface area contributed by atoms with Gasteiger partial charge in [0.25, 0.3) is 0 Å². The predicted molar refractivity (Wildman–Crippen MR) is 271 cm³/mol. The Morgan fingerprint density at radius 2 is 0.879 bits per heavy atom. The summed E-state index contributed by atoms with van der Waals surface area (Å²) in [6, 6.07) is 74.0. The van der Waals surface area contributed by atoms with Crippen molar-refractivity contribution in [2.45, 2.75) is 19.3 Å². The molecule has 14 rings (SSSR count). The number of benzene rings is 9. The highest BCUT2D eigenvalue weighted by Gasteiger charge is 2.38. The molecular weight excluding hydrogens is 805 g/mol. The Morgan fingerprint density at radius 3 is 1.61 bits per heavy atom. The minimum atomic E-state index is -0.147. The molecule has 0 saturated heterocycles. The van der Waals surface area contributed by atoms with Gasteiger partial charge < -0.3 is 9.13 Å². The van der Waals surface area contributed by atoms with E-state index in [1.165, 1.54) is 54.8 Å². The molecule has 0 fully saturated rings. The molecule has 0 atom stereocenters. The van der Waals surface area contributed by atoms with E-state index < -0.39 is 0 Å². The molecule has 0 spiro atoms. The summed E-state index contributed by atoms with van der Waals surface area (Å²) in [7, 11) is 0. The van der Waals surface area contributed by atoms with Gasteiger partial charge in [-0.15, -0.1) is 0 Å². The molecule has 0 unspecified atom stereocenters. The van der Waals surface area contributed by atoms with E-state index in [-0.39, 0.29) is 5.41 Å². The second-order valence-electron chi connectivity index (χ2n) is 18.0. The van der Waals surface area contributed by atoms with Gasteiger partial charge in [-0.3, -0.25) is 4.57 Å². The minimum absolute atomic E-state index is 0.147. The van der Waals surface area contributed by atoms with Gasteiger partial charge in [0.2, 0.25) is 5.95 Å². The molecule has 4 aromatic heterocycles. The lowest BCUT2D eigenvalue weighted by atomic mass is 9.80. The van der Waals surface area contributed by atoms with Crippen molar-refractivity contribution >= 4 is 65.4 Å². The number of aromatic nitrogens is 6. The molecule has 0 N–H and O–H groups in total. The second kappa shape index (κ2) is 13.7. The van der Waals surface area contributed by atoms with Crippen molar-refractivity contribution in [1.82, 2.24) is 28.7 Å². The molecule has 9 aromatic carbocycles. The standard InChI is InChI=1S/C60H40N6/c1-60(2)48-27-15-12-24-41(48)43-31-33-52-55(56(43)60)44-26-14-17-29-50(44)65(52)40-30-32-51-45(34-40)47-35-46-42-25-13-16-28-49(42)66(54(46)36-53(47)64(51)39-22-10-5-11-23-39)59-62-57(37-18-6-3-7-19-37)61-58(63-59)38-20-8-4-9-21-38/h3-36H,1-2H3. The van der Waals surface area contributed by atoms with Crippen molar-refractivity contribution < 1.29 is 0 Å². The molecule has 310 valence electrons. The second-order valence-corrected chi connectivity index (χ2v) is 18.0. The first kappa shape index (κ1) is 36.8. The van der Waals surface area contributed by atoms with Gasteiger partial charge in [0.15, 0.2) is 11.6 Å². The summed E-state index contributed by atoms with van der Waals surface area (Å²) in [6.45, 7) is 4.77. The summed E-state index contributed by atoms with van der Waals surface area (Å²) in [5.41, 5.74) is 16.1. The highest BCUT2D eigenvalue weighted by Crippen LogP contribution is 2.53. The van der Waals surface area contributed by atoms with Crippen LogP contribution in [-0.4, -0.2) is 28.7 Å². The number of hydrogen-bond acceptors (Lipinski definition) is 3. The normalized spacial score (nSPS) is 13.1. The first-order chi connectivity index (χ1) is 32.5. The van der Waals surface area contributed by atoms with E-state index in [1.807, 2.05) is 36.4 Å². The molecule has 4 heterocycles. The smallest absolute Gasteiger partial charge is 0.238 e. The van der Waals surface area contributed by atoms with Crippen LogP contribution >= 0.6 is 0 Å². The molecule has 0 amide bonds. The average Bonchev–Trinajstić information content (AvgIpc) is 4.06. The van der Waals surface area contributed by atoms with E-state index in [9.17, 15) is 0 Å². The third-order valence-electron chi connectivity index (χ3n) is 14.1. The summed E-state index contributed by atoms with van der Waals surface area (Å²) in [6.07, 6.45) is 0. The Hall–Kier alpha value is -8.61. The summed E-state index contributed by atoms with van der Waals surface area (Å²) in [4.78, 5) is 15.5. The number of hydrogen-bond donors (Lipinski definition) is 0. The van der Waals surface area contributed by atoms with Crippen LogP contribution in [-0.2, 0) is 5.41 Å². The van der Waals surface area contributed by atoms with Crippen molar-refractivity contribution in [1.29, 1.82) is 0 Å². The van der Waals surface area contributed by atoms with E-state index in [0.29, 0.717) is 17.6 Å². The summed E-state index contributed by atoms with van der Waals surface area (Å²) in [5, 5.41) is 7.23. The van der Waals surface area contributed by atoms with Crippen LogP contribution in [0.2, 0.25) is 0 Å². The Bertz CT molecular complexity index is 4060. The van der Waals surface area contributed by atoms with Gasteiger partial charge in [0, 0.05) is 60.2 Å². The van der Waals surface area contributed by atoms with Gasteiger partial charge in [-0.1, -0.05) is 159 Å².